The monoisotopic (exact) mass is 482 g/mol. The van der Waals surface area contributed by atoms with E-state index in [-0.39, 0.29) is 11.8 Å². The van der Waals surface area contributed by atoms with E-state index in [1.807, 2.05) is 57.1 Å². The largest absolute Gasteiger partial charge is 0.497 e. The van der Waals surface area contributed by atoms with Crippen LogP contribution in [0.2, 0.25) is 0 Å². The molecule has 9 nitrogen and oxygen atoms in total. The summed E-state index contributed by atoms with van der Waals surface area (Å²) >= 11 is 1.28. The Morgan fingerprint density at radius 3 is 2.47 bits per heavy atom. The van der Waals surface area contributed by atoms with Gasteiger partial charge in [-0.3, -0.25) is 10.1 Å². The van der Waals surface area contributed by atoms with Crippen molar-refractivity contribution in [1.29, 1.82) is 0 Å². The van der Waals surface area contributed by atoms with E-state index in [9.17, 15) is 9.59 Å². The van der Waals surface area contributed by atoms with Gasteiger partial charge in [-0.15, -0.1) is 10.2 Å². The number of carbonyl (C=O) groups excluding carboxylic acids is 2. The number of hydrogen-bond donors (Lipinski definition) is 3. The highest BCUT2D eigenvalue weighted by Gasteiger charge is 2.27. The summed E-state index contributed by atoms with van der Waals surface area (Å²) in [6, 6.07) is 13.7. The molecule has 2 unspecified atom stereocenters. The minimum atomic E-state index is -0.748. The highest BCUT2D eigenvalue weighted by molar-refractivity contribution is 7.18. The van der Waals surface area contributed by atoms with Crippen molar-refractivity contribution in [2.45, 2.75) is 26.3 Å². The van der Waals surface area contributed by atoms with Crippen LogP contribution in [0, 0.1) is 5.92 Å². The second kappa shape index (κ2) is 11.5. The first kappa shape index (κ1) is 25.0. The minimum Gasteiger partial charge on any atom is -0.497 e. The second-order valence-electron chi connectivity index (χ2n) is 8.04. The molecule has 3 N–H and O–H groups in total. The quantitative estimate of drug-likeness (QED) is 0.416. The van der Waals surface area contributed by atoms with E-state index < -0.39 is 12.1 Å². The molecule has 0 radical (unpaired) electrons. The van der Waals surface area contributed by atoms with E-state index in [0.29, 0.717) is 28.0 Å². The Morgan fingerprint density at radius 1 is 1.09 bits per heavy atom. The summed E-state index contributed by atoms with van der Waals surface area (Å²) < 4.78 is 5.18. The molecule has 0 fully saturated rings. The third-order valence-electron chi connectivity index (χ3n) is 5.40. The number of methoxy groups -OCH3 is 1. The molecule has 3 rings (SSSR count). The number of amides is 3. The van der Waals surface area contributed by atoms with Crippen LogP contribution in [0.15, 0.2) is 48.5 Å². The number of benzene rings is 2. The number of urea groups is 1. The van der Waals surface area contributed by atoms with Crippen LogP contribution < -0.4 is 25.6 Å². The van der Waals surface area contributed by atoms with Gasteiger partial charge in [0.15, 0.2) is 0 Å². The fourth-order valence-electron chi connectivity index (χ4n) is 3.19. The molecule has 1 heterocycles. The SMILES string of the molecule is CCC(C)C(NC(=O)Nc1cccc(OC)c1)C(=O)Nc1nnc(-c2ccc(N(C)C)cc2)s1. The molecule has 3 amide bonds. The van der Waals surface area contributed by atoms with Gasteiger partial charge in [0.25, 0.3) is 0 Å². The van der Waals surface area contributed by atoms with Crippen molar-refractivity contribution in [3.05, 3.63) is 48.5 Å². The van der Waals surface area contributed by atoms with Gasteiger partial charge < -0.3 is 20.3 Å². The normalized spacial score (nSPS) is 12.4. The van der Waals surface area contributed by atoms with Gasteiger partial charge >= 0.3 is 6.03 Å². The second-order valence-corrected chi connectivity index (χ2v) is 9.01. The molecule has 0 aliphatic rings. The van der Waals surface area contributed by atoms with Crippen molar-refractivity contribution < 1.29 is 14.3 Å². The van der Waals surface area contributed by atoms with E-state index in [1.54, 1.807) is 31.4 Å². The third kappa shape index (κ3) is 6.44. The number of rotatable bonds is 9. The first-order valence-electron chi connectivity index (χ1n) is 10.9. The molecule has 0 aliphatic heterocycles. The minimum absolute atomic E-state index is 0.0953. The van der Waals surface area contributed by atoms with Crippen molar-refractivity contribution in [2.24, 2.45) is 5.92 Å². The summed E-state index contributed by atoms with van der Waals surface area (Å²) in [5.41, 5.74) is 2.56. The lowest BCUT2D eigenvalue weighted by atomic mass is 9.98. The Labute approximate surface area is 203 Å². The van der Waals surface area contributed by atoms with Gasteiger partial charge in [-0.1, -0.05) is 37.7 Å². The standard InChI is InChI=1S/C24H30N6O3S/c1-6-15(2)20(26-23(32)25-17-8-7-9-19(14-17)33-5)21(31)27-24-29-28-22(34-24)16-10-12-18(13-11-16)30(3)4/h7-15,20H,6H2,1-5H3,(H2,25,26,32)(H,27,29,31). The molecule has 1 aromatic heterocycles. The summed E-state index contributed by atoms with van der Waals surface area (Å²) in [5, 5.41) is 17.7. The molecule has 2 atom stereocenters. The summed E-state index contributed by atoms with van der Waals surface area (Å²) in [7, 11) is 5.51. The van der Waals surface area contributed by atoms with Crippen LogP contribution in [0.3, 0.4) is 0 Å². The van der Waals surface area contributed by atoms with Crippen molar-refractivity contribution in [2.75, 3.05) is 36.7 Å². The van der Waals surface area contributed by atoms with Crippen molar-refractivity contribution in [3.8, 4) is 16.3 Å². The highest BCUT2D eigenvalue weighted by Crippen LogP contribution is 2.28. The predicted molar refractivity (Wildman–Crippen MR) is 137 cm³/mol. The van der Waals surface area contributed by atoms with Gasteiger partial charge in [-0.05, 0) is 42.3 Å². The molecular formula is C24H30N6O3S. The Kier molecular flexibility index (Phi) is 8.42. The van der Waals surface area contributed by atoms with E-state index in [4.69, 9.17) is 4.74 Å². The molecule has 0 saturated carbocycles. The molecule has 3 aromatic rings. The average Bonchev–Trinajstić information content (AvgIpc) is 3.30. The first-order chi connectivity index (χ1) is 16.3. The molecule has 10 heteroatoms. The predicted octanol–water partition coefficient (Wildman–Crippen LogP) is 4.45. The fourth-order valence-corrected chi connectivity index (χ4v) is 3.94. The molecule has 0 spiro atoms. The van der Waals surface area contributed by atoms with Gasteiger partial charge in [0.1, 0.15) is 16.8 Å². The summed E-state index contributed by atoms with van der Waals surface area (Å²) in [4.78, 5) is 27.6. The fraction of sp³-hybridized carbons (Fsp3) is 0.333. The van der Waals surface area contributed by atoms with Crippen LogP contribution >= 0.6 is 11.3 Å². The maximum atomic E-state index is 13.0. The van der Waals surface area contributed by atoms with Crippen molar-refractivity contribution in [1.82, 2.24) is 15.5 Å². The van der Waals surface area contributed by atoms with Gasteiger partial charge in [0.2, 0.25) is 11.0 Å². The molecule has 0 bridgehead atoms. The van der Waals surface area contributed by atoms with Gasteiger partial charge in [0.05, 0.1) is 7.11 Å². The number of aromatic nitrogens is 2. The smallest absolute Gasteiger partial charge is 0.319 e. The third-order valence-corrected chi connectivity index (χ3v) is 6.28. The number of ether oxygens (including phenoxy) is 1. The topological polar surface area (TPSA) is 108 Å². The van der Waals surface area contributed by atoms with Crippen LogP contribution in [0.5, 0.6) is 5.75 Å². The van der Waals surface area contributed by atoms with Crippen LogP contribution in [-0.2, 0) is 4.79 Å². The Morgan fingerprint density at radius 2 is 1.82 bits per heavy atom. The first-order valence-corrected chi connectivity index (χ1v) is 11.8. The highest BCUT2D eigenvalue weighted by atomic mass is 32.1. The lowest BCUT2D eigenvalue weighted by Crippen LogP contribution is -2.49. The van der Waals surface area contributed by atoms with Crippen molar-refractivity contribution in [3.63, 3.8) is 0 Å². The van der Waals surface area contributed by atoms with E-state index in [1.165, 1.54) is 11.3 Å². The number of nitrogens with zero attached hydrogens (tertiary/aromatic N) is 3. The Hall–Kier alpha value is -3.66. The van der Waals surface area contributed by atoms with Gasteiger partial charge in [-0.2, -0.15) is 0 Å². The number of anilines is 3. The zero-order valence-corrected chi connectivity index (χ0v) is 20.8. The molecular weight excluding hydrogens is 452 g/mol. The van der Waals surface area contributed by atoms with Crippen LogP contribution in [-0.4, -0.2) is 49.4 Å². The molecule has 0 saturated heterocycles. The lowest BCUT2D eigenvalue weighted by molar-refractivity contribution is -0.119. The number of carbonyl (C=O) groups is 2. The number of hydrogen-bond acceptors (Lipinski definition) is 7. The zero-order chi connectivity index (χ0) is 24.7. The van der Waals surface area contributed by atoms with Crippen LogP contribution in [0.4, 0.5) is 21.3 Å². The molecule has 34 heavy (non-hydrogen) atoms. The van der Waals surface area contributed by atoms with Crippen LogP contribution in [0.25, 0.3) is 10.6 Å². The van der Waals surface area contributed by atoms with Crippen LogP contribution in [0.1, 0.15) is 20.3 Å². The molecule has 2 aromatic carbocycles. The van der Waals surface area contributed by atoms with Crippen molar-refractivity contribution >= 4 is 39.8 Å². The maximum Gasteiger partial charge on any atom is 0.319 e. The maximum absolute atomic E-state index is 13.0. The molecule has 180 valence electrons. The Bertz CT molecular complexity index is 1120. The Balaban J connectivity index is 1.66. The van der Waals surface area contributed by atoms with E-state index in [0.717, 1.165) is 11.3 Å². The summed E-state index contributed by atoms with van der Waals surface area (Å²) in [5.74, 6) is 0.181. The van der Waals surface area contributed by atoms with Gasteiger partial charge in [-0.25, -0.2) is 4.79 Å². The molecule has 0 aliphatic carbocycles. The summed E-state index contributed by atoms with van der Waals surface area (Å²) in [6.45, 7) is 3.88. The van der Waals surface area contributed by atoms with Gasteiger partial charge in [0, 0.05) is 37.1 Å². The zero-order valence-electron chi connectivity index (χ0n) is 20.0. The summed E-state index contributed by atoms with van der Waals surface area (Å²) in [6.07, 6.45) is 0.705. The average molecular weight is 483 g/mol. The van der Waals surface area contributed by atoms with E-state index in [2.05, 4.69) is 26.1 Å². The lowest BCUT2D eigenvalue weighted by Gasteiger charge is -2.23. The number of nitrogens with one attached hydrogen (secondary N) is 3. The van der Waals surface area contributed by atoms with E-state index >= 15 is 0 Å².